The standard InChI is InChI=1S/C20H18N6O3S/c27-20-24-18-15(7-4-10-21-18)26(20)17-9-8-16-19(23-17)25(12-11-22-30(16,28)29)13-14-5-2-1-3-6-14/h1-10,22H,11-13H2,(H,21,24,27). The number of H-pyrrole nitrogens is 1. The van der Waals surface area contributed by atoms with Crippen LogP contribution < -0.4 is 15.3 Å². The summed E-state index contributed by atoms with van der Waals surface area (Å²) in [6.45, 7) is 1.20. The maximum Gasteiger partial charge on any atom is 0.333 e. The minimum atomic E-state index is -3.70. The Bertz CT molecular complexity index is 1400. The number of nitrogens with zero attached hydrogens (tertiary/aromatic N) is 4. The molecule has 152 valence electrons. The molecule has 0 spiro atoms. The van der Waals surface area contributed by atoms with Crippen molar-refractivity contribution in [1.29, 1.82) is 0 Å². The van der Waals surface area contributed by atoms with Gasteiger partial charge in [0, 0.05) is 25.8 Å². The average molecular weight is 422 g/mol. The Kier molecular flexibility index (Phi) is 4.37. The third kappa shape index (κ3) is 3.15. The van der Waals surface area contributed by atoms with Crippen LogP contribution in [0.4, 0.5) is 5.82 Å². The molecule has 1 aliphatic heterocycles. The highest BCUT2D eigenvalue weighted by Gasteiger charge is 2.28. The van der Waals surface area contributed by atoms with Gasteiger partial charge in [-0.2, -0.15) is 0 Å². The number of hydrogen-bond donors (Lipinski definition) is 2. The number of hydrogen-bond acceptors (Lipinski definition) is 6. The van der Waals surface area contributed by atoms with E-state index >= 15 is 0 Å². The first-order valence-corrected chi connectivity index (χ1v) is 10.9. The Morgan fingerprint density at radius 3 is 2.70 bits per heavy atom. The summed E-state index contributed by atoms with van der Waals surface area (Å²) in [6.07, 6.45) is 1.59. The Morgan fingerprint density at radius 1 is 1.03 bits per heavy atom. The summed E-state index contributed by atoms with van der Waals surface area (Å²) in [4.78, 5) is 26.0. The molecule has 0 saturated carbocycles. The van der Waals surface area contributed by atoms with Crippen molar-refractivity contribution >= 4 is 27.0 Å². The average Bonchev–Trinajstić information content (AvgIpc) is 3.02. The Balaban J connectivity index is 1.68. The van der Waals surface area contributed by atoms with Crippen LogP contribution in [-0.4, -0.2) is 41.0 Å². The van der Waals surface area contributed by atoms with Crippen LogP contribution in [0.15, 0.2) is 70.5 Å². The van der Waals surface area contributed by atoms with E-state index in [4.69, 9.17) is 0 Å². The lowest BCUT2D eigenvalue weighted by molar-refractivity contribution is 0.584. The van der Waals surface area contributed by atoms with E-state index in [1.54, 1.807) is 18.3 Å². The Labute approximate surface area is 172 Å². The number of aromatic nitrogens is 4. The lowest BCUT2D eigenvalue weighted by Crippen LogP contribution is -2.30. The summed E-state index contributed by atoms with van der Waals surface area (Å²) in [5.74, 6) is 0.639. The van der Waals surface area contributed by atoms with Gasteiger partial charge in [0.25, 0.3) is 0 Å². The number of aromatic amines is 1. The fourth-order valence-electron chi connectivity index (χ4n) is 3.61. The van der Waals surface area contributed by atoms with Crippen LogP contribution in [0, 0.1) is 0 Å². The second-order valence-electron chi connectivity index (χ2n) is 6.93. The quantitative estimate of drug-likeness (QED) is 0.516. The number of imidazole rings is 1. The lowest BCUT2D eigenvalue weighted by atomic mass is 10.2. The molecule has 10 heteroatoms. The molecule has 0 bridgehead atoms. The molecular formula is C20H18N6O3S. The fraction of sp³-hybridized carbons (Fsp3) is 0.150. The summed E-state index contributed by atoms with van der Waals surface area (Å²) in [5.41, 5.74) is 1.65. The van der Waals surface area contributed by atoms with Crippen molar-refractivity contribution in [2.75, 3.05) is 18.0 Å². The molecule has 0 atom stereocenters. The molecule has 4 heterocycles. The van der Waals surface area contributed by atoms with Crippen LogP contribution in [-0.2, 0) is 16.6 Å². The molecule has 30 heavy (non-hydrogen) atoms. The lowest BCUT2D eigenvalue weighted by Gasteiger charge is -2.23. The summed E-state index contributed by atoms with van der Waals surface area (Å²) in [7, 11) is -3.70. The van der Waals surface area contributed by atoms with E-state index in [2.05, 4.69) is 19.7 Å². The maximum absolute atomic E-state index is 12.7. The number of anilines is 1. The molecule has 0 saturated heterocycles. The maximum atomic E-state index is 12.7. The van der Waals surface area contributed by atoms with E-state index in [9.17, 15) is 13.2 Å². The van der Waals surface area contributed by atoms with Crippen LogP contribution in [0.1, 0.15) is 5.56 Å². The van der Waals surface area contributed by atoms with E-state index in [-0.39, 0.29) is 17.1 Å². The molecule has 1 aromatic carbocycles. The molecule has 0 unspecified atom stereocenters. The van der Waals surface area contributed by atoms with Gasteiger partial charge in [-0.1, -0.05) is 30.3 Å². The molecule has 0 radical (unpaired) electrons. The number of nitrogens with one attached hydrogen (secondary N) is 2. The topological polar surface area (TPSA) is 113 Å². The van der Waals surface area contributed by atoms with E-state index in [1.165, 1.54) is 16.7 Å². The number of fused-ring (bicyclic) bond motifs is 2. The molecule has 5 rings (SSSR count). The third-order valence-corrected chi connectivity index (χ3v) is 6.47. The smallest absolute Gasteiger partial charge is 0.333 e. The predicted octanol–water partition coefficient (Wildman–Crippen LogP) is 1.41. The number of sulfonamides is 1. The molecule has 0 aliphatic carbocycles. The van der Waals surface area contributed by atoms with Crippen LogP contribution in [0.25, 0.3) is 17.0 Å². The van der Waals surface area contributed by atoms with Crippen LogP contribution >= 0.6 is 0 Å². The highest BCUT2D eigenvalue weighted by molar-refractivity contribution is 7.89. The minimum absolute atomic E-state index is 0.0886. The zero-order valence-electron chi connectivity index (χ0n) is 15.8. The molecular weight excluding hydrogens is 404 g/mol. The molecule has 9 nitrogen and oxygen atoms in total. The zero-order valence-corrected chi connectivity index (χ0v) is 16.6. The monoisotopic (exact) mass is 422 g/mol. The first kappa shape index (κ1) is 18.5. The Hall–Kier alpha value is -3.50. The van der Waals surface area contributed by atoms with Gasteiger partial charge in [-0.3, -0.25) is 4.98 Å². The van der Waals surface area contributed by atoms with E-state index in [1.807, 2.05) is 35.2 Å². The molecule has 1 aliphatic rings. The van der Waals surface area contributed by atoms with Gasteiger partial charge in [0.1, 0.15) is 10.7 Å². The van der Waals surface area contributed by atoms with E-state index in [0.29, 0.717) is 35.9 Å². The van der Waals surface area contributed by atoms with Gasteiger partial charge in [-0.15, -0.1) is 0 Å². The molecule has 4 aromatic rings. The van der Waals surface area contributed by atoms with Gasteiger partial charge in [0.05, 0.1) is 5.52 Å². The molecule has 0 fully saturated rings. The number of pyridine rings is 2. The van der Waals surface area contributed by atoms with Gasteiger partial charge in [0.15, 0.2) is 11.5 Å². The highest BCUT2D eigenvalue weighted by atomic mass is 32.2. The molecule has 2 N–H and O–H groups in total. The van der Waals surface area contributed by atoms with Crippen molar-refractivity contribution in [1.82, 2.24) is 24.2 Å². The highest BCUT2D eigenvalue weighted by Crippen LogP contribution is 2.28. The summed E-state index contributed by atoms with van der Waals surface area (Å²) in [5, 5.41) is 0. The first-order chi connectivity index (χ1) is 14.5. The summed E-state index contributed by atoms with van der Waals surface area (Å²) >= 11 is 0. The number of rotatable bonds is 3. The van der Waals surface area contributed by atoms with Gasteiger partial charge in [-0.05, 0) is 29.8 Å². The Morgan fingerprint density at radius 2 is 1.87 bits per heavy atom. The van der Waals surface area contributed by atoms with Crippen molar-refractivity contribution in [3.63, 3.8) is 0 Å². The largest absolute Gasteiger partial charge is 0.350 e. The minimum Gasteiger partial charge on any atom is -0.350 e. The van der Waals surface area contributed by atoms with Gasteiger partial charge in [0.2, 0.25) is 10.0 Å². The molecule has 0 amide bonds. The summed E-state index contributed by atoms with van der Waals surface area (Å²) < 4.78 is 29.4. The normalized spacial score (nSPS) is 15.7. The van der Waals surface area contributed by atoms with Gasteiger partial charge in [-0.25, -0.2) is 32.5 Å². The van der Waals surface area contributed by atoms with Crippen molar-refractivity contribution in [2.45, 2.75) is 11.4 Å². The van der Waals surface area contributed by atoms with Gasteiger partial charge < -0.3 is 4.90 Å². The third-order valence-electron chi connectivity index (χ3n) is 4.99. The SMILES string of the molecule is O=c1[nH]c2ncccc2n1-c1ccc2c(n1)N(Cc1ccccc1)CCNS2(=O)=O. The van der Waals surface area contributed by atoms with Crippen LogP contribution in [0.3, 0.4) is 0 Å². The van der Waals surface area contributed by atoms with Crippen molar-refractivity contribution in [3.05, 3.63) is 76.8 Å². The van der Waals surface area contributed by atoms with Crippen LogP contribution in [0.5, 0.6) is 0 Å². The fourth-order valence-corrected chi connectivity index (χ4v) is 4.79. The molecule has 3 aromatic heterocycles. The van der Waals surface area contributed by atoms with E-state index < -0.39 is 10.0 Å². The van der Waals surface area contributed by atoms with Crippen LogP contribution in [0.2, 0.25) is 0 Å². The van der Waals surface area contributed by atoms with Gasteiger partial charge >= 0.3 is 5.69 Å². The van der Waals surface area contributed by atoms with Crippen molar-refractivity contribution < 1.29 is 8.42 Å². The number of benzene rings is 1. The predicted molar refractivity (Wildman–Crippen MR) is 112 cm³/mol. The van der Waals surface area contributed by atoms with E-state index in [0.717, 1.165) is 5.56 Å². The first-order valence-electron chi connectivity index (χ1n) is 9.39. The van der Waals surface area contributed by atoms with Crippen molar-refractivity contribution in [2.24, 2.45) is 0 Å². The zero-order chi connectivity index (χ0) is 20.7. The second-order valence-corrected chi connectivity index (χ2v) is 8.67. The van der Waals surface area contributed by atoms with Crippen molar-refractivity contribution in [3.8, 4) is 5.82 Å². The summed E-state index contributed by atoms with van der Waals surface area (Å²) in [6, 6.07) is 16.3. The second kappa shape index (κ2) is 7.08.